The molecule has 0 bridgehead atoms. The van der Waals surface area contributed by atoms with Crippen molar-refractivity contribution in [3.8, 4) is 0 Å². The molecule has 0 radical (unpaired) electrons. The first-order valence-corrected chi connectivity index (χ1v) is 6.90. The van der Waals surface area contributed by atoms with E-state index in [2.05, 4.69) is 4.99 Å². The number of hydrogen-bond donors (Lipinski definition) is 0. The minimum atomic E-state index is -0.332. The third kappa shape index (κ3) is 3.11. The summed E-state index contributed by atoms with van der Waals surface area (Å²) in [5.74, 6) is -0.00812. The SMILES string of the molecule is CC(=O)OCC1CC2OC(C)=NC2C(C)C1OC(C)=O. The van der Waals surface area contributed by atoms with Crippen molar-refractivity contribution in [2.24, 2.45) is 16.8 Å². The molecule has 0 aromatic rings. The van der Waals surface area contributed by atoms with E-state index in [1.54, 1.807) is 0 Å². The van der Waals surface area contributed by atoms with Gasteiger partial charge in [-0.1, -0.05) is 6.92 Å². The van der Waals surface area contributed by atoms with Gasteiger partial charge in [0.1, 0.15) is 12.2 Å². The first-order valence-electron chi connectivity index (χ1n) is 6.90. The van der Waals surface area contributed by atoms with E-state index in [9.17, 15) is 9.59 Å². The van der Waals surface area contributed by atoms with Gasteiger partial charge in [0, 0.05) is 32.6 Å². The van der Waals surface area contributed by atoms with Crippen LogP contribution in [0.1, 0.15) is 34.1 Å². The highest BCUT2D eigenvalue weighted by atomic mass is 16.6. The van der Waals surface area contributed by atoms with Crippen LogP contribution in [0.15, 0.2) is 4.99 Å². The molecule has 1 aliphatic carbocycles. The van der Waals surface area contributed by atoms with Crippen LogP contribution in [0.3, 0.4) is 0 Å². The van der Waals surface area contributed by atoms with Crippen molar-refractivity contribution in [1.82, 2.24) is 0 Å². The van der Waals surface area contributed by atoms with Crippen LogP contribution < -0.4 is 0 Å². The molecular weight excluding hydrogens is 262 g/mol. The molecule has 5 unspecified atom stereocenters. The Morgan fingerprint density at radius 1 is 1.35 bits per heavy atom. The fraction of sp³-hybridized carbons (Fsp3) is 0.786. The Morgan fingerprint density at radius 3 is 2.65 bits per heavy atom. The summed E-state index contributed by atoms with van der Waals surface area (Å²) in [4.78, 5) is 26.8. The van der Waals surface area contributed by atoms with E-state index in [-0.39, 0.29) is 48.6 Å². The third-order valence-electron chi connectivity index (χ3n) is 3.89. The molecule has 0 aromatic heterocycles. The summed E-state index contributed by atoms with van der Waals surface area (Å²) < 4.78 is 16.2. The molecule has 1 saturated carbocycles. The number of fused-ring (bicyclic) bond motifs is 1. The van der Waals surface area contributed by atoms with Gasteiger partial charge in [0.15, 0.2) is 5.90 Å². The number of hydrogen-bond acceptors (Lipinski definition) is 6. The summed E-state index contributed by atoms with van der Waals surface area (Å²) in [5, 5.41) is 0. The van der Waals surface area contributed by atoms with Crippen LogP contribution in [0.25, 0.3) is 0 Å². The molecular formula is C14H21NO5. The molecule has 5 atom stereocenters. The molecule has 0 aromatic carbocycles. The lowest BCUT2D eigenvalue weighted by Gasteiger charge is -2.40. The van der Waals surface area contributed by atoms with Crippen molar-refractivity contribution in [2.45, 2.75) is 52.4 Å². The van der Waals surface area contributed by atoms with Gasteiger partial charge >= 0.3 is 11.9 Å². The van der Waals surface area contributed by atoms with E-state index in [0.29, 0.717) is 12.3 Å². The fourth-order valence-electron chi connectivity index (χ4n) is 3.09. The van der Waals surface area contributed by atoms with Crippen molar-refractivity contribution in [1.29, 1.82) is 0 Å². The maximum absolute atomic E-state index is 11.3. The summed E-state index contributed by atoms with van der Waals surface area (Å²) in [6.07, 6.45) is 0.352. The monoisotopic (exact) mass is 283 g/mol. The lowest BCUT2D eigenvalue weighted by atomic mass is 9.75. The van der Waals surface area contributed by atoms with Crippen molar-refractivity contribution >= 4 is 17.8 Å². The molecule has 2 rings (SSSR count). The minimum absolute atomic E-state index is 0.00734. The number of aliphatic imine (C=N–C) groups is 1. The fourth-order valence-corrected chi connectivity index (χ4v) is 3.09. The molecule has 0 N–H and O–H groups in total. The largest absolute Gasteiger partial charge is 0.476 e. The van der Waals surface area contributed by atoms with Crippen LogP contribution in [0.4, 0.5) is 0 Å². The topological polar surface area (TPSA) is 74.2 Å². The summed E-state index contributed by atoms with van der Waals surface area (Å²) in [5.41, 5.74) is 0. The highest BCUT2D eigenvalue weighted by Gasteiger charge is 2.48. The second-order valence-corrected chi connectivity index (χ2v) is 5.53. The molecule has 112 valence electrons. The Balaban J connectivity index is 2.12. The number of esters is 2. The predicted octanol–water partition coefficient (Wildman–Crippen LogP) is 1.32. The van der Waals surface area contributed by atoms with Crippen LogP contribution in [0, 0.1) is 11.8 Å². The van der Waals surface area contributed by atoms with E-state index in [0.717, 1.165) is 0 Å². The van der Waals surface area contributed by atoms with Crippen molar-refractivity contribution in [3.05, 3.63) is 0 Å². The maximum atomic E-state index is 11.3. The lowest BCUT2D eigenvalue weighted by molar-refractivity contribution is -0.162. The van der Waals surface area contributed by atoms with Crippen LogP contribution in [0.2, 0.25) is 0 Å². The highest BCUT2D eigenvalue weighted by molar-refractivity contribution is 5.75. The zero-order chi connectivity index (χ0) is 14.9. The van der Waals surface area contributed by atoms with Gasteiger partial charge in [0.2, 0.25) is 0 Å². The summed E-state index contributed by atoms with van der Waals surface area (Å²) >= 11 is 0. The van der Waals surface area contributed by atoms with Gasteiger partial charge in [0.25, 0.3) is 0 Å². The Kier molecular flexibility index (Phi) is 4.30. The van der Waals surface area contributed by atoms with Gasteiger partial charge in [-0.3, -0.25) is 9.59 Å². The van der Waals surface area contributed by atoms with Gasteiger partial charge in [-0.2, -0.15) is 0 Å². The molecule has 1 aliphatic heterocycles. The number of rotatable bonds is 3. The quantitative estimate of drug-likeness (QED) is 0.730. The average Bonchev–Trinajstić information content (AvgIpc) is 2.71. The van der Waals surface area contributed by atoms with E-state index >= 15 is 0 Å². The second kappa shape index (κ2) is 5.81. The van der Waals surface area contributed by atoms with Crippen molar-refractivity contribution in [3.63, 3.8) is 0 Å². The van der Waals surface area contributed by atoms with Gasteiger partial charge in [0.05, 0.1) is 12.6 Å². The Hall–Kier alpha value is -1.59. The first kappa shape index (κ1) is 14.8. The molecule has 6 nitrogen and oxygen atoms in total. The molecule has 20 heavy (non-hydrogen) atoms. The van der Waals surface area contributed by atoms with E-state index in [1.165, 1.54) is 13.8 Å². The van der Waals surface area contributed by atoms with Gasteiger partial charge in [-0.25, -0.2) is 4.99 Å². The van der Waals surface area contributed by atoms with Gasteiger partial charge < -0.3 is 14.2 Å². The summed E-state index contributed by atoms with van der Waals surface area (Å²) in [6, 6.07) is 0.00734. The van der Waals surface area contributed by atoms with Crippen LogP contribution in [-0.4, -0.2) is 42.7 Å². The summed E-state index contributed by atoms with van der Waals surface area (Å²) in [6.45, 7) is 6.82. The Bertz CT molecular complexity index is 433. The molecule has 1 heterocycles. The van der Waals surface area contributed by atoms with Crippen molar-refractivity contribution < 1.29 is 23.8 Å². The molecule has 2 aliphatic rings. The zero-order valence-corrected chi connectivity index (χ0v) is 12.3. The smallest absolute Gasteiger partial charge is 0.302 e. The molecule has 6 heteroatoms. The number of carbonyl (C=O) groups is 2. The summed E-state index contributed by atoms with van der Waals surface area (Å²) in [7, 11) is 0. The maximum Gasteiger partial charge on any atom is 0.302 e. The zero-order valence-electron chi connectivity index (χ0n) is 12.3. The van der Waals surface area contributed by atoms with E-state index < -0.39 is 0 Å². The van der Waals surface area contributed by atoms with Gasteiger partial charge in [-0.15, -0.1) is 0 Å². The number of ether oxygens (including phenoxy) is 3. The van der Waals surface area contributed by atoms with Crippen LogP contribution >= 0.6 is 0 Å². The molecule has 0 amide bonds. The number of nitrogens with zero attached hydrogens (tertiary/aromatic N) is 1. The highest BCUT2D eigenvalue weighted by Crippen LogP contribution is 2.38. The number of carbonyl (C=O) groups excluding carboxylic acids is 2. The standard InChI is InChI=1S/C14H21NO5/c1-7-13-12(19-8(2)15-13)5-11(6-18-9(3)16)14(7)20-10(4)17/h7,11-14H,5-6H2,1-4H3. The second-order valence-electron chi connectivity index (χ2n) is 5.53. The van der Waals surface area contributed by atoms with E-state index in [1.807, 2.05) is 13.8 Å². The lowest BCUT2D eigenvalue weighted by Crippen LogP contribution is -2.49. The van der Waals surface area contributed by atoms with E-state index in [4.69, 9.17) is 14.2 Å². The van der Waals surface area contributed by atoms with Crippen LogP contribution in [0.5, 0.6) is 0 Å². The molecule has 1 fully saturated rings. The third-order valence-corrected chi connectivity index (χ3v) is 3.89. The normalized spacial score (nSPS) is 35.6. The average molecular weight is 283 g/mol. The van der Waals surface area contributed by atoms with Crippen LogP contribution in [-0.2, 0) is 23.8 Å². The Labute approximate surface area is 118 Å². The molecule has 0 spiro atoms. The minimum Gasteiger partial charge on any atom is -0.476 e. The first-order chi connectivity index (χ1) is 9.38. The Morgan fingerprint density at radius 2 is 2.05 bits per heavy atom. The van der Waals surface area contributed by atoms with Crippen molar-refractivity contribution in [2.75, 3.05) is 6.61 Å². The molecule has 0 saturated heterocycles. The van der Waals surface area contributed by atoms with Gasteiger partial charge in [-0.05, 0) is 6.42 Å². The predicted molar refractivity (Wildman–Crippen MR) is 71.2 cm³/mol.